The van der Waals surface area contributed by atoms with E-state index in [2.05, 4.69) is 9.97 Å². The van der Waals surface area contributed by atoms with Crippen LogP contribution in [0.3, 0.4) is 0 Å². The first-order valence-corrected chi connectivity index (χ1v) is 5.61. The van der Waals surface area contributed by atoms with Gasteiger partial charge < -0.3 is 0 Å². The van der Waals surface area contributed by atoms with Gasteiger partial charge in [-0.25, -0.2) is 0 Å². The molecule has 16 heavy (non-hydrogen) atoms. The number of alkyl halides is 1. The highest BCUT2D eigenvalue weighted by molar-refractivity contribution is 6.17. The third kappa shape index (κ3) is 1.42. The lowest BCUT2D eigenvalue weighted by molar-refractivity contribution is 1.22. The molecule has 0 bridgehead atoms. The average molecular weight is 229 g/mol. The van der Waals surface area contributed by atoms with Crippen molar-refractivity contribution in [3.05, 3.63) is 48.3 Å². The molecule has 0 saturated carbocycles. The topological polar surface area (TPSA) is 25.8 Å². The van der Waals surface area contributed by atoms with Crippen molar-refractivity contribution < 1.29 is 0 Å². The number of rotatable bonds is 1. The van der Waals surface area contributed by atoms with Crippen LogP contribution >= 0.6 is 11.6 Å². The van der Waals surface area contributed by atoms with Crippen LogP contribution in [-0.4, -0.2) is 9.97 Å². The second-order valence-corrected chi connectivity index (χ2v) is 3.91. The maximum atomic E-state index is 5.80. The third-order valence-corrected chi connectivity index (χ3v) is 2.91. The summed E-state index contributed by atoms with van der Waals surface area (Å²) in [5.74, 6) is 0.437. The number of benzene rings is 1. The second-order valence-electron chi connectivity index (χ2n) is 3.64. The zero-order valence-electron chi connectivity index (χ0n) is 8.52. The van der Waals surface area contributed by atoms with Gasteiger partial charge in [0, 0.05) is 17.0 Å². The van der Waals surface area contributed by atoms with Crippen LogP contribution in [-0.2, 0) is 5.88 Å². The number of aromatic nitrogens is 2. The predicted molar refractivity (Wildman–Crippen MR) is 66.6 cm³/mol. The predicted octanol–water partition coefficient (Wildman–Crippen LogP) is 3.52. The summed E-state index contributed by atoms with van der Waals surface area (Å²) in [5.41, 5.74) is 2.84. The Labute approximate surface area is 97.9 Å². The lowest BCUT2D eigenvalue weighted by Crippen LogP contribution is -1.88. The highest BCUT2D eigenvalue weighted by atomic mass is 35.5. The van der Waals surface area contributed by atoms with E-state index in [0.29, 0.717) is 5.88 Å². The number of hydrogen-bond donors (Lipinski definition) is 0. The Kier molecular flexibility index (Phi) is 2.22. The summed E-state index contributed by atoms with van der Waals surface area (Å²) in [7, 11) is 0. The van der Waals surface area contributed by atoms with Crippen LogP contribution in [0, 0.1) is 0 Å². The van der Waals surface area contributed by atoms with Gasteiger partial charge in [0.2, 0.25) is 0 Å². The molecule has 2 heterocycles. The van der Waals surface area contributed by atoms with Crippen molar-refractivity contribution in [3.63, 3.8) is 0 Å². The summed E-state index contributed by atoms with van der Waals surface area (Å²) in [6.45, 7) is 0. The van der Waals surface area contributed by atoms with Gasteiger partial charge in [-0.15, -0.1) is 11.6 Å². The molecule has 0 amide bonds. The lowest BCUT2D eigenvalue weighted by atomic mass is 10.1. The maximum absolute atomic E-state index is 5.80. The van der Waals surface area contributed by atoms with Gasteiger partial charge in [-0.2, -0.15) is 0 Å². The molecule has 0 atom stereocenters. The van der Waals surface area contributed by atoms with Crippen molar-refractivity contribution in [3.8, 4) is 0 Å². The SMILES string of the molecule is ClCc1ccc2ccc3ncccc3c2n1. The van der Waals surface area contributed by atoms with E-state index >= 15 is 0 Å². The normalized spacial score (nSPS) is 11.1. The van der Waals surface area contributed by atoms with Crippen LogP contribution in [0.15, 0.2) is 42.6 Å². The molecule has 0 saturated heterocycles. The van der Waals surface area contributed by atoms with E-state index in [1.54, 1.807) is 6.20 Å². The Morgan fingerprint density at radius 2 is 1.94 bits per heavy atom. The van der Waals surface area contributed by atoms with Crippen LogP contribution in [0.4, 0.5) is 0 Å². The lowest BCUT2D eigenvalue weighted by Gasteiger charge is -2.03. The smallest absolute Gasteiger partial charge is 0.0799 e. The first-order chi connectivity index (χ1) is 7.88. The minimum atomic E-state index is 0.437. The maximum Gasteiger partial charge on any atom is 0.0799 e. The Morgan fingerprint density at radius 3 is 2.81 bits per heavy atom. The third-order valence-electron chi connectivity index (χ3n) is 2.64. The highest BCUT2D eigenvalue weighted by Gasteiger charge is 2.02. The van der Waals surface area contributed by atoms with Crippen LogP contribution in [0.2, 0.25) is 0 Å². The molecule has 0 radical (unpaired) electrons. The monoisotopic (exact) mass is 228 g/mol. The number of halogens is 1. The minimum absolute atomic E-state index is 0.437. The van der Waals surface area contributed by atoms with E-state index in [9.17, 15) is 0 Å². The van der Waals surface area contributed by atoms with E-state index in [4.69, 9.17) is 11.6 Å². The molecule has 0 aliphatic rings. The largest absolute Gasteiger partial charge is 0.256 e. The Bertz CT molecular complexity index is 664. The van der Waals surface area contributed by atoms with Crippen molar-refractivity contribution in [1.82, 2.24) is 9.97 Å². The van der Waals surface area contributed by atoms with E-state index in [0.717, 1.165) is 27.5 Å². The van der Waals surface area contributed by atoms with Crippen molar-refractivity contribution in [1.29, 1.82) is 0 Å². The van der Waals surface area contributed by atoms with Crippen LogP contribution in [0.25, 0.3) is 21.8 Å². The van der Waals surface area contributed by atoms with Gasteiger partial charge in [0.1, 0.15) is 0 Å². The van der Waals surface area contributed by atoms with Crippen LogP contribution < -0.4 is 0 Å². The summed E-state index contributed by atoms with van der Waals surface area (Å²) in [6.07, 6.45) is 1.79. The number of nitrogens with zero attached hydrogens (tertiary/aromatic N) is 2. The minimum Gasteiger partial charge on any atom is -0.256 e. The number of pyridine rings is 2. The van der Waals surface area contributed by atoms with Crippen molar-refractivity contribution in [2.24, 2.45) is 0 Å². The molecule has 2 nitrogen and oxygen atoms in total. The molecule has 0 aliphatic heterocycles. The Morgan fingerprint density at radius 1 is 1.06 bits per heavy atom. The molecule has 0 N–H and O–H groups in total. The molecule has 1 aromatic carbocycles. The number of hydrogen-bond acceptors (Lipinski definition) is 2. The zero-order chi connectivity index (χ0) is 11.0. The standard InChI is InChI=1S/C13H9ClN2/c14-8-10-5-3-9-4-6-12-11(13(9)16-10)2-1-7-15-12/h1-7H,8H2. The number of fused-ring (bicyclic) bond motifs is 3. The summed E-state index contributed by atoms with van der Waals surface area (Å²) >= 11 is 5.80. The quantitative estimate of drug-likeness (QED) is 0.471. The fraction of sp³-hybridized carbons (Fsp3) is 0.0769. The molecule has 78 valence electrons. The van der Waals surface area contributed by atoms with Crippen molar-refractivity contribution in [2.45, 2.75) is 5.88 Å². The van der Waals surface area contributed by atoms with Gasteiger partial charge in [0.25, 0.3) is 0 Å². The van der Waals surface area contributed by atoms with Gasteiger partial charge in [0.15, 0.2) is 0 Å². The summed E-state index contributed by atoms with van der Waals surface area (Å²) in [4.78, 5) is 8.86. The molecule has 0 unspecified atom stereocenters. The van der Waals surface area contributed by atoms with E-state index in [1.165, 1.54) is 0 Å². The molecule has 0 aliphatic carbocycles. The molecule has 3 rings (SSSR count). The van der Waals surface area contributed by atoms with Gasteiger partial charge in [-0.1, -0.05) is 12.1 Å². The first kappa shape index (κ1) is 9.55. The molecule has 3 heteroatoms. The molecule has 0 spiro atoms. The molecule has 3 aromatic rings. The van der Waals surface area contributed by atoms with Gasteiger partial charge >= 0.3 is 0 Å². The fourth-order valence-electron chi connectivity index (χ4n) is 1.85. The molecule has 0 fully saturated rings. The van der Waals surface area contributed by atoms with E-state index < -0.39 is 0 Å². The second kappa shape index (κ2) is 3.72. The van der Waals surface area contributed by atoms with Crippen LogP contribution in [0.5, 0.6) is 0 Å². The average Bonchev–Trinajstić information content (AvgIpc) is 2.38. The summed E-state index contributed by atoms with van der Waals surface area (Å²) in [5, 5.41) is 2.20. The molecule has 2 aromatic heterocycles. The summed E-state index contributed by atoms with van der Waals surface area (Å²) < 4.78 is 0. The zero-order valence-corrected chi connectivity index (χ0v) is 9.28. The van der Waals surface area contributed by atoms with Gasteiger partial charge in [-0.05, 0) is 24.3 Å². The fourth-order valence-corrected chi connectivity index (χ4v) is 2.00. The van der Waals surface area contributed by atoms with Crippen molar-refractivity contribution in [2.75, 3.05) is 0 Å². The molecular formula is C13H9ClN2. The Hall–Kier alpha value is -1.67. The highest BCUT2D eigenvalue weighted by Crippen LogP contribution is 2.22. The summed E-state index contributed by atoms with van der Waals surface area (Å²) in [6, 6.07) is 12.0. The van der Waals surface area contributed by atoms with E-state index in [-0.39, 0.29) is 0 Å². The molecular weight excluding hydrogens is 220 g/mol. The van der Waals surface area contributed by atoms with Crippen LogP contribution in [0.1, 0.15) is 5.69 Å². The van der Waals surface area contributed by atoms with Gasteiger partial charge in [0.05, 0.1) is 22.6 Å². The first-order valence-electron chi connectivity index (χ1n) is 5.08. The van der Waals surface area contributed by atoms with Gasteiger partial charge in [-0.3, -0.25) is 9.97 Å². The van der Waals surface area contributed by atoms with E-state index in [1.807, 2.05) is 36.4 Å². The van der Waals surface area contributed by atoms with Crippen molar-refractivity contribution >= 4 is 33.4 Å². The Balaban J connectivity index is 2.47.